The van der Waals surface area contributed by atoms with Crippen molar-refractivity contribution in [3.8, 4) is 33.9 Å². The summed E-state index contributed by atoms with van der Waals surface area (Å²) < 4.78 is 24.4. The average molecular weight is 890 g/mol. The van der Waals surface area contributed by atoms with Crippen LogP contribution in [-0.2, 0) is 19.1 Å². The maximum absolute atomic E-state index is 13.6. The highest BCUT2D eigenvalue weighted by Gasteiger charge is 2.65. The highest BCUT2D eigenvalue weighted by atomic mass is 16.8. The molecule has 11 N–H and O–H groups in total. The number of rotatable bonds is 16. The number of hydrogen-bond donors (Lipinski definition) is 11. The van der Waals surface area contributed by atoms with Gasteiger partial charge >= 0.3 is 11.9 Å². The highest BCUT2D eigenvalue weighted by Crippen LogP contribution is 2.40. The number of hydrogen-bond acceptors (Lipinski definition) is 17. The molecule has 6 aromatic rings. The molecule has 0 radical (unpaired) electrons. The van der Waals surface area contributed by atoms with Crippen LogP contribution in [0.25, 0.3) is 44.3 Å². The molecule has 3 aromatic carbocycles. The van der Waals surface area contributed by atoms with Crippen molar-refractivity contribution in [1.29, 1.82) is 0 Å². The quantitative estimate of drug-likeness (QED) is 0.0361. The second-order valence-corrected chi connectivity index (χ2v) is 15.7. The van der Waals surface area contributed by atoms with E-state index in [0.29, 0.717) is 27.7 Å². The first-order chi connectivity index (χ1) is 30.4. The van der Waals surface area contributed by atoms with E-state index < -0.39 is 91.2 Å². The minimum atomic E-state index is -3.42. The van der Waals surface area contributed by atoms with Crippen LogP contribution >= 0.6 is 0 Å². The fourth-order valence-electron chi connectivity index (χ4n) is 7.99. The van der Waals surface area contributed by atoms with E-state index in [1.54, 1.807) is 12.3 Å². The van der Waals surface area contributed by atoms with Gasteiger partial charge in [0.25, 0.3) is 5.79 Å². The number of H-pyrrole nitrogens is 1. The summed E-state index contributed by atoms with van der Waals surface area (Å²) >= 11 is 0. The number of aromatic amines is 1. The number of ether oxygens (including phenoxy) is 3. The van der Waals surface area contributed by atoms with Crippen LogP contribution in [0.15, 0.2) is 94.6 Å². The molecule has 0 spiro atoms. The minimum Gasteiger partial charge on any atom is -0.508 e. The lowest BCUT2D eigenvalue weighted by Crippen LogP contribution is -2.76. The number of aliphatic hydroxyl groups excluding tert-OH is 5. The first-order valence-corrected chi connectivity index (χ1v) is 19.8. The molecule has 0 saturated carbocycles. The Labute approximate surface area is 362 Å². The predicted molar refractivity (Wildman–Crippen MR) is 223 cm³/mol. The van der Waals surface area contributed by atoms with E-state index >= 15 is 0 Å². The van der Waals surface area contributed by atoms with Crippen molar-refractivity contribution in [2.45, 2.75) is 62.0 Å². The summed E-state index contributed by atoms with van der Waals surface area (Å²) in [6.45, 7) is 0.140. The second-order valence-electron chi connectivity index (χ2n) is 15.7. The maximum atomic E-state index is 13.6. The second kappa shape index (κ2) is 17.7. The standard InChI is InChI=1S/C44H47N3O17/c1-22-14-23(2)16-26(15-22)34-33-25(10-12-46-33)18-47(34)64-42(20-49)37(54)36(53)38(44(59,21-50)63-40(57)32(39(55)56)43(58,45-3)11-13-48)62-41(42)61-28-8-9-29-31(17-28)60-19-30(35(29)52)24-4-6-27(51)7-5-24/h4-10,12,14-19,32,36-38,41,45-46,48-51,53-54,58-59H,11,13,20-21H2,1-3H3,(H,55,56). The summed E-state index contributed by atoms with van der Waals surface area (Å²) in [6.07, 6.45) is -5.75. The monoisotopic (exact) mass is 889 g/mol. The van der Waals surface area contributed by atoms with Gasteiger partial charge in [-0.1, -0.05) is 29.3 Å². The number of fused-ring (bicyclic) bond motifs is 2. The van der Waals surface area contributed by atoms with Gasteiger partial charge in [0.1, 0.15) is 53.6 Å². The van der Waals surface area contributed by atoms with Crippen molar-refractivity contribution in [1.82, 2.24) is 15.0 Å². The Balaban J connectivity index is 1.33. The highest BCUT2D eigenvalue weighted by molar-refractivity contribution is 5.96. The third kappa shape index (κ3) is 8.17. The zero-order valence-corrected chi connectivity index (χ0v) is 34.5. The molecule has 1 fully saturated rings. The molecule has 0 amide bonds. The number of aromatic nitrogens is 2. The Hall–Kier alpha value is -6.33. The number of carboxylic acid groups (broad SMARTS) is 1. The summed E-state index contributed by atoms with van der Waals surface area (Å²) in [5, 5.41) is 101. The van der Waals surface area contributed by atoms with E-state index in [0.717, 1.165) is 18.2 Å². The number of carboxylic acids is 1. The molecule has 340 valence electrons. The Morgan fingerprint density at radius 3 is 2.31 bits per heavy atom. The largest absolute Gasteiger partial charge is 0.508 e. The van der Waals surface area contributed by atoms with Gasteiger partial charge in [0, 0.05) is 36.2 Å². The zero-order valence-electron chi connectivity index (χ0n) is 34.5. The van der Waals surface area contributed by atoms with Gasteiger partial charge in [0.2, 0.25) is 11.9 Å². The van der Waals surface area contributed by atoms with Crippen molar-refractivity contribution >= 4 is 33.8 Å². The number of phenolic OH excluding ortho intramolecular Hbond substituents is 1. The van der Waals surface area contributed by atoms with E-state index in [9.17, 15) is 60.3 Å². The van der Waals surface area contributed by atoms with Gasteiger partial charge in [-0.05, 0) is 68.9 Å². The normalized spacial score (nSPS) is 22.4. The molecule has 0 aliphatic carbocycles. The number of carbonyl (C=O) groups excluding carboxylic acids is 1. The summed E-state index contributed by atoms with van der Waals surface area (Å²) in [7, 11) is 1.09. The van der Waals surface area contributed by atoms with E-state index in [-0.39, 0.29) is 28.0 Å². The van der Waals surface area contributed by atoms with Gasteiger partial charge in [-0.2, -0.15) is 4.73 Å². The molecule has 3 aromatic heterocycles. The number of benzene rings is 3. The van der Waals surface area contributed by atoms with E-state index in [2.05, 4.69) is 10.3 Å². The first-order valence-electron chi connectivity index (χ1n) is 19.8. The summed E-state index contributed by atoms with van der Waals surface area (Å²) in [4.78, 5) is 49.1. The lowest BCUT2D eigenvalue weighted by atomic mass is 9.84. The van der Waals surface area contributed by atoms with Crippen molar-refractivity contribution in [3.05, 3.63) is 107 Å². The molecule has 1 aliphatic rings. The van der Waals surface area contributed by atoms with Crippen molar-refractivity contribution in [2.75, 3.05) is 26.9 Å². The third-order valence-corrected chi connectivity index (χ3v) is 11.3. The molecule has 0 bridgehead atoms. The van der Waals surface area contributed by atoms with Gasteiger partial charge in [0.15, 0.2) is 17.5 Å². The molecule has 8 unspecified atom stereocenters. The Bertz CT molecular complexity index is 2710. The number of aromatic hydroxyl groups is 1. The number of esters is 1. The minimum absolute atomic E-state index is 0.0154. The molecule has 20 nitrogen and oxygen atoms in total. The van der Waals surface area contributed by atoms with Crippen LogP contribution in [-0.4, -0.2) is 136 Å². The van der Waals surface area contributed by atoms with Crippen LogP contribution in [0.4, 0.5) is 0 Å². The zero-order chi connectivity index (χ0) is 46.3. The predicted octanol–water partition coefficient (Wildman–Crippen LogP) is 0.633. The van der Waals surface area contributed by atoms with Crippen molar-refractivity contribution in [2.24, 2.45) is 5.92 Å². The third-order valence-electron chi connectivity index (χ3n) is 11.3. The lowest BCUT2D eigenvalue weighted by molar-refractivity contribution is -0.384. The lowest BCUT2D eigenvalue weighted by Gasteiger charge is -2.51. The van der Waals surface area contributed by atoms with E-state index in [1.807, 2.05) is 32.0 Å². The average Bonchev–Trinajstić information content (AvgIpc) is 3.84. The summed E-state index contributed by atoms with van der Waals surface area (Å²) in [5.41, 5.74) is -1.77. The SMILES string of the molecule is CNC(O)(CCO)C(C(=O)O)C(=O)OC(O)(CO)C1OC(Oc2ccc3c(=O)c(-c4ccc(O)cc4)coc3c2)C(CO)(On2cc3cc[nH]c3c2-c2cc(C)cc(C)c2)C(O)C1O. The number of nitrogens with one attached hydrogen (secondary N) is 2. The maximum Gasteiger partial charge on any atom is 0.327 e. The number of aryl methyl sites for hydroxylation is 2. The molecular formula is C44H47N3O17. The molecule has 1 saturated heterocycles. The number of aliphatic carboxylic acids is 1. The van der Waals surface area contributed by atoms with Crippen LogP contribution in [0.1, 0.15) is 17.5 Å². The fourth-order valence-corrected chi connectivity index (χ4v) is 7.99. The molecule has 20 heteroatoms. The van der Waals surface area contributed by atoms with Crippen LogP contribution in [0.3, 0.4) is 0 Å². The molecule has 64 heavy (non-hydrogen) atoms. The van der Waals surface area contributed by atoms with Crippen LogP contribution in [0.5, 0.6) is 11.5 Å². The summed E-state index contributed by atoms with van der Waals surface area (Å²) in [5.74, 6) is -10.0. The Morgan fingerprint density at radius 1 is 0.984 bits per heavy atom. The number of aliphatic hydroxyl groups is 7. The number of nitrogens with zero attached hydrogens (tertiary/aromatic N) is 1. The van der Waals surface area contributed by atoms with Gasteiger partial charge in [0.05, 0.1) is 29.3 Å². The molecule has 4 heterocycles. The van der Waals surface area contributed by atoms with Crippen LogP contribution < -0.4 is 20.3 Å². The molecule has 7 rings (SSSR count). The van der Waals surface area contributed by atoms with E-state index in [1.165, 1.54) is 59.7 Å². The van der Waals surface area contributed by atoms with Gasteiger partial charge in [-0.3, -0.25) is 19.7 Å². The number of phenols is 1. The van der Waals surface area contributed by atoms with E-state index in [4.69, 9.17) is 23.5 Å². The number of carbonyl (C=O) groups is 2. The molecular weight excluding hydrogens is 842 g/mol. The molecule has 1 aliphatic heterocycles. The van der Waals surface area contributed by atoms with Gasteiger partial charge in [-0.15, -0.1) is 0 Å². The first kappa shape index (κ1) is 45.7. The Morgan fingerprint density at radius 2 is 1.69 bits per heavy atom. The smallest absolute Gasteiger partial charge is 0.327 e. The summed E-state index contributed by atoms with van der Waals surface area (Å²) in [6, 6.07) is 17.1. The van der Waals surface area contributed by atoms with Crippen LogP contribution in [0.2, 0.25) is 0 Å². The fraction of sp³-hybridized carbons (Fsp3) is 0.341. The topological polar surface area (TPSA) is 316 Å². The Kier molecular flexibility index (Phi) is 12.6. The molecule has 8 atom stereocenters. The van der Waals surface area contributed by atoms with Gasteiger partial charge in [-0.25, -0.2) is 0 Å². The van der Waals surface area contributed by atoms with Crippen molar-refractivity contribution in [3.63, 3.8) is 0 Å². The van der Waals surface area contributed by atoms with Crippen LogP contribution in [0, 0.1) is 19.8 Å². The van der Waals surface area contributed by atoms with Gasteiger partial charge < -0.3 is 74.4 Å². The van der Waals surface area contributed by atoms with Crippen molar-refractivity contribution < 1.29 is 79.0 Å².